The van der Waals surface area contributed by atoms with Gasteiger partial charge in [-0.1, -0.05) is 67.0 Å². The van der Waals surface area contributed by atoms with Gasteiger partial charge in [0.05, 0.1) is 51.1 Å². The van der Waals surface area contributed by atoms with E-state index in [1.54, 1.807) is 0 Å². The minimum atomic E-state index is 0.583. The van der Waals surface area contributed by atoms with Crippen LogP contribution in [0.1, 0.15) is 116 Å². The van der Waals surface area contributed by atoms with Crippen LogP contribution in [0, 0.1) is 0 Å². The van der Waals surface area contributed by atoms with Crippen LogP contribution in [0.15, 0.2) is 82.4 Å². The number of H-pyrrole nitrogens is 1. The van der Waals surface area contributed by atoms with Crippen LogP contribution < -0.4 is 0 Å². The van der Waals surface area contributed by atoms with Gasteiger partial charge < -0.3 is 10.1 Å². The molecule has 4 aliphatic rings. The van der Waals surface area contributed by atoms with Crippen molar-refractivity contribution in [2.75, 3.05) is 0 Å². The molecule has 2 N–H and O–H groups in total. The quantitative estimate of drug-likeness (QED) is 0.288. The van der Waals surface area contributed by atoms with Crippen molar-refractivity contribution in [3.05, 3.63) is 89.9 Å². The Labute approximate surface area is 262 Å². The van der Waals surface area contributed by atoms with Gasteiger partial charge in [0, 0.05) is 11.4 Å². The molecule has 43 heavy (non-hydrogen) atoms. The highest BCUT2D eigenvalue weighted by molar-refractivity contribution is 6.48. The second-order valence-corrected chi connectivity index (χ2v) is 11.6. The molecule has 0 aliphatic carbocycles. The minimum absolute atomic E-state index is 0.583. The van der Waals surface area contributed by atoms with Crippen molar-refractivity contribution in [2.24, 2.45) is 15.0 Å². The van der Waals surface area contributed by atoms with Crippen LogP contribution in [-0.4, -0.2) is 27.2 Å². The van der Waals surface area contributed by atoms with Gasteiger partial charge in [-0.15, -0.1) is 0 Å². The molecule has 1 aromatic rings. The van der Waals surface area contributed by atoms with Gasteiger partial charge in [-0.25, -0.2) is 15.0 Å². The third-order valence-electron chi connectivity index (χ3n) is 9.27. The number of hydrogen-bond donors (Lipinski definition) is 2. The van der Waals surface area contributed by atoms with E-state index in [9.17, 15) is 5.11 Å². The van der Waals surface area contributed by atoms with Gasteiger partial charge in [0.1, 0.15) is 0 Å². The Morgan fingerprint density at radius 2 is 1.00 bits per heavy atom. The zero-order valence-corrected chi connectivity index (χ0v) is 27.8. The van der Waals surface area contributed by atoms with Crippen LogP contribution in [0.25, 0.3) is 12.2 Å². The lowest BCUT2D eigenvalue weighted by Gasteiger charge is -2.12. The highest BCUT2D eigenvalue weighted by atomic mass is 35.5. The predicted molar refractivity (Wildman–Crippen MR) is 184 cm³/mol. The van der Waals surface area contributed by atoms with Crippen molar-refractivity contribution in [1.29, 1.82) is 0 Å². The Morgan fingerprint density at radius 3 is 1.44 bits per heavy atom. The number of aliphatic hydroxyl groups excluding tert-OH is 1. The van der Waals surface area contributed by atoms with Crippen molar-refractivity contribution >= 4 is 40.9 Å². The molecule has 5 heterocycles. The van der Waals surface area contributed by atoms with Crippen molar-refractivity contribution in [1.82, 2.24) is 4.98 Å². The average Bonchev–Trinajstić information content (AvgIpc) is 3.76. The molecule has 0 saturated carbocycles. The fourth-order valence-corrected chi connectivity index (χ4v) is 7.61. The van der Waals surface area contributed by atoms with Crippen molar-refractivity contribution in [3.8, 4) is 0 Å². The SMILES string of the molecule is CCC1=C(CC)C2=NC1=Cc1[nH]c(c(CC)c1CC)C=C1N=C(C(CC)=C1CC)/C(=C\O)C1=NC(=C2Cl)C(CC)=C1CC. The molecule has 5 nitrogen and oxygen atoms in total. The van der Waals surface area contributed by atoms with Gasteiger partial charge in [-0.05, 0) is 108 Å². The first-order valence-corrected chi connectivity index (χ1v) is 16.6. The Hall–Kier alpha value is -3.44. The van der Waals surface area contributed by atoms with E-state index >= 15 is 0 Å². The van der Waals surface area contributed by atoms with E-state index in [0.29, 0.717) is 10.6 Å². The number of aromatic nitrogens is 1. The molecule has 0 amide bonds. The largest absolute Gasteiger partial charge is 0.515 e. The number of aromatic amines is 1. The van der Waals surface area contributed by atoms with Crippen LogP contribution in [0.5, 0.6) is 0 Å². The smallest absolute Gasteiger partial charge is 0.0925 e. The molecule has 0 radical (unpaired) electrons. The highest BCUT2D eigenvalue weighted by Gasteiger charge is 2.35. The molecular weight excluding hydrogens is 552 g/mol. The summed E-state index contributed by atoms with van der Waals surface area (Å²) < 4.78 is 0. The molecule has 5 rings (SSSR count). The van der Waals surface area contributed by atoms with E-state index in [1.807, 2.05) is 0 Å². The number of aliphatic hydroxyl groups is 1. The van der Waals surface area contributed by atoms with Gasteiger partial charge in [0.25, 0.3) is 0 Å². The molecule has 0 spiro atoms. The fraction of sp³-hybridized carbons (Fsp3) is 0.432. The lowest BCUT2D eigenvalue weighted by molar-refractivity contribution is 0.472. The molecule has 1 aromatic heterocycles. The van der Waals surface area contributed by atoms with Gasteiger partial charge in [-0.3, -0.25) is 0 Å². The van der Waals surface area contributed by atoms with E-state index in [-0.39, 0.29) is 0 Å². The molecule has 0 atom stereocenters. The van der Waals surface area contributed by atoms with Crippen molar-refractivity contribution in [2.45, 2.75) is 107 Å². The van der Waals surface area contributed by atoms with Gasteiger partial charge in [0.2, 0.25) is 0 Å². The monoisotopic (exact) mass is 596 g/mol. The lowest BCUT2D eigenvalue weighted by atomic mass is 9.89. The topological polar surface area (TPSA) is 73.1 Å². The zero-order chi connectivity index (χ0) is 31.0. The number of aliphatic imine (C=N–C) groups is 3. The summed E-state index contributed by atoms with van der Waals surface area (Å²) in [6.45, 7) is 17.5. The molecular formula is C37H45ClN4O. The van der Waals surface area contributed by atoms with E-state index < -0.39 is 0 Å². The Bertz CT molecular complexity index is 1690. The third-order valence-corrected chi connectivity index (χ3v) is 9.63. The van der Waals surface area contributed by atoms with E-state index in [2.05, 4.69) is 72.5 Å². The number of nitrogens with zero attached hydrogens (tertiary/aromatic N) is 3. The van der Waals surface area contributed by atoms with E-state index in [4.69, 9.17) is 26.6 Å². The Morgan fingerprint density at radius 1 is 0.581 bits per heavy atom. The molecule has 0 fully saturated rings. The lowest BCUT2D eigenvalue weighted by Crippen LogP contribution is -2.15. The summed E-state index contributed by atoms with van der Waals surface area (Å²) in [5, 5.41) is 11.4. The van der Waals surface area contributed by atoms with E-state index in [1.165, 1.54) is 34.1 Å². The molecule has 0 saturated heterocycles. The van der Waals surface area contributed by atoms with Crippen LogP contribution in [0.2, 0.25) is 0 Å². The number of rotatable bonds is 8. The van der Waals surface area contributed by atoms with Crippen molar-refractivity contribution in [3.63, 3.8) is 0 Å². The van der Waals surface area contributed by atoms with Gasteiger partial charge in [0.15, 0.2) is 0 Å². The second kappa shape index (κ2) is 12.7. The number of allylic oxidation sites excluding steroid dienone is 8. The number of halogens is 1. The molecule has 4 aliphatic heterocycles. The standard InChI is InChI=1S/C37H45ClN4O/c1-9-20-21(10-2)30-18-32-23(12-4)25(14-6)36(41-32)33(38)37-27(16-8)26(15-7)35(42-37)28(19-43)34-24(13-5)22(11-3)31(40-34)17-29(20)39-30/h17-19,39,43H,9-16H2,1-8H3/b28-19+,31-17?,32-18?,37-33?. The number of hydrogen-bond acceptors (Lipinski definition) is 4. The van der Waals surface area contributed by atoms with Crippen molar-refractivity contribution < 1.29 is 5.11 Å². The first-order valence-electron chi connectivity index (χ1n) is 16.2. The Balaban J connectivity index is 1.94. The summed E-state index contributed by atoms with van der Waals surface area (Å²) in [5.41, 5.74) is 17.6. The van der Waals surface area contributed by atoms with Crippen LogP contribution >= 0.6 is 11.6 Å². The Kier molecular flexibility index (Phi) is 9.12. The van der Waals surface area contributed by atoms with Crippen LogP contribution in [-0.2, 0) is 12.8 Å². The maximum absolute atomic E-state index is 10.8. The summed E-state index contributed by atoms with van der Waals surface area (Å²) in [7, 11) is 0. The second-order valence-electron chi connectivity index (χ2n) is 11.3. The molecule has 0 unspecified atom stereocenters. The summed E-state index contributed by atoms with van der Waals surface area (Å²) in [6.07, 6.45) is 12.4. The summed E-state index contributed by atoms with van der Waals surface area (Å²) >= 11 is 7.35. The summed E-state index contributed by atoms with van der Waals surface area (Å²) in [4.78, 5) is 19.4. The summed E-state index contributed by atoms with van der Waals surface area (Å²) in [6, 6.07) is 0. The molecule has 8 bridgehead atoms. The van der Waals surface area contributed by atoms with E-state index in [0.717, 1.165) is 114 Å². The van der Waals surface area contributed by atoms with Crippen LogP contribution in [0.4, 0.5) is 0 Å². The first-order chi connectivity index (χ1) is 20.8. The highest BCUT2D eigenvalue weighted by Crippen LogP contribution is 2.43. The molecule has 6 heteroatoms. The van der Waals surface area contributed by atoms with Gasteiger partial charge >= 0.3 is 0 Å². The maximum atomic E-state index is 10.8. The van der Waals surface area contributed by atoms with Crippen LogP contribution in [0.3, 0.4) is 0 Å². The predicted octanol–water partition coefficient (Wildman–Crippen LogP) is 10.4. The minimum Gasteiger partial charge on any atom is -0.515 e. The molecule has 0 aromatic carbocycles. The zero-order valence-electron chi connectivity index (χ0n) is 27.1. The number of fused-ring (bicyclic) bond motifs is 5. The normalized spacial score (nSPS) is 19.6. The average molecular weight is 597 g/mol. The fourth-order valence-electron chi connectivity index (χ4n) is 7.29. The third kappa shape index (κ3) is 4.90. The molecule has 226 valence electrons. The number of nitrogens with one attached hydrogen (secondary N) is 1. The first kappa shape index (κ1) is 31.0. The van der Waals surface area contributed by atoms with Gasteiger partial charge in [-0.2, -0.15) is 0 Å². The summed E-state index contributed by atoms with van der Waals surface area (Å²) in [5.74, 6) is 0. The maximum Gasteiger partial charge on any atom is 0.0925 e.